The fourth-order valence-corrected chi connectivity index (χ4v) is 1.96. The molecular formula is C13H15N3S. The minimum absolute atomic E-state index is 0.685. The summed E-state index contributed by atoms with van der Waals surface area (Å²) in [7, 11) is 1.86. The van der Waals surface area contributed by atoms with E-state index in [9.17, 15) is 0 Å². The lowest BCUT2D eigenvalue weighted by Gasteiger charge is -2.34. The number of benzene rings is 1. The molecule has 0 fully saturated rings. The maximum absolute atomic E-state index is 5.36. The summed E-state index contributed by atoms with van der Waals surface area (Å²) in [5.41, 5.74) is 2.98. The van der Waals surface area contributed by atoms with Crippen LogP contribution in [0, 0.1) is 0 Å². The average molecular weight is 245 g/mol. The Bertz CT molecular complexity index is 479. The van der Waals surface area contributed by atoms with E-state index in [0.717, 1.165) is 18.0 Å². The topological polar surface area (TPSA) is 18.8 Å². The first-order valence-electron chi connectivity index (χ1n) is 5.43. The van der Waals surface area contributed by atoms with Gasteiger partial charge in [-0.3, -0.25) is 0 Å². The van der Waals surface area contributed by atoms with Gasteiger partial charge in [0.25, 0.3) is 0 Å². The van der Waals surface area contributed by atoms with Gasteiger partial charge in [0.1, 0.15) is 0 Å². The van der Waals surface area contributed by atoms with Crippen molar-refractivity contribution in [1.82, 2.24) is 9.91 Å². The van der Waals surface area contributed by atoms with Crippen LogP contribution >= 0.6 is 12.2 Å². The molecule has 0 N–H and O–H groups in total. The monoisotopic (exact) mass is 245 g/mol. The van der Waals surface area contributed by atoms with Gasteiger partial charge < -0.3 is 4.90 Å². The average Bonchev–Trinajstić information content (AvgIpc) is 2.33. The van der Waals surface area contributed by atoms with Gasteiger partial charge in [-0.25, -0.2) is 5.01 Å². The van der Waals surface area contributed by atoms with E-state index in [1.54, 1.807) is 5.01 Å². The van der Waals surface area contributed by atoms with Crippen molar-refractivity contribution >= 4 is 23.0 Å². The molecular weight excluding hydrogens is 230 g/mol. The lowest BCUT2D eigenvalue weighted by molar-refractivity contribution is 0.407. The molecule has 1 aromatic carbocycles. The summed E-state index contributed by atoms with van der Waals surface area (Å²) in [5, 5.41) is 6.70. The summed E-state index contributed by atoms with van der Waals surface area (Å²) in [6.45, 7) is 6.71. The number of hydrogen-bond acceptors (Lipinski definition) is 2. The van der Waals surface area contributed by atoms with Gasteiger partial charge in [-0.05, 0) is 24.7 Å². The smallest absolute Gasteiger partial charge is 0.196 e. The summed E-state index contributed by atoms with van der Waals surface area (Å²) in [5.74, 6) is 0. The van der Waals surface area contributed by atoms with Gasteiger partial charge in [0.05, 0.1) is 18.0 Å². The van der Waals surface area contributed by atoms with Crippen LogP contribution in [-0.4, -0.2) is 27.8 Å². The van der Waals surface area contributed by atoms with Crippen LogP contribution in [0.15, 0.2) is 47.7 Å². The maximum atomic E-state index is 5.36. The molecule has 0 spiro atoms. The molecule has 17 heavy (non-hydrogen) atoms. The molecule has 1 heterocycles. The van der Waals surface area contributed by atoms with Crippen LogP contribution in [-0.2, 0) is 6.54 Å². The van der Waals surface area contributed by atoms with E-state index in [-0.39, 0.29) is 0 Å². The Labute approximate surface area is 107 Å². The summed E-state index contributed by atoms with van der Waals surface area (Å²) in [6, 6.07) is 10.2. The predicted octanol–water partition coefficient (Wildman–Crippen LogP) is 2.61. The van der Waals surface area contributed by atoms with Crippen molar-refractivity contribution in [1.29, 1.82) is 0 Å². The normalized spacial score (nSPS) is 16.2. The van der Waals surface area contributed by atoms with Crippen molar-refractivity contribution in [3.05, 3.63) is 48.2 Å². The van der Waals surface area contributed by atoms with Gasteiger partial charge in [0.2, 0.25) is 0 Å². The van der Waals surface area contributed by atoms with E-state index in [0.29, 0.717) is 5.11 Å². The fourth-order valence-electron chi connectivity index (χ4n) is 1.74. The molecule has 4 heteroatoms. The summed E-state index contributed by atoms with van der Waals surface area (Å²) in [6.07, 6.45) is 0. The van der Waals surface area contributed by atoms with Gasteiger partial charge in [-0.2, -0.15) is 5.10 Å². The third kappa shape index (κ3) is 2.36. The van der Waals surface area contributed by atoms with E-state index in [2.05, 4.69) is 23.8 Å². The van der Waals surface area contributed by atoms with Gasteiger partial charge in [0.15, 0.2) is 5.11 Å². The molecule has 1 aliphatic rings. The second kappa shape index (κ2) is 4.67. The van der Waals surface area contributed by atoms with Crippen LogP contribution < -0.4 is 0 Å². The Balaban J connectivity index is 2.24. The SMILES string of the molecule is C=C1C(C)=NN(C)C(=S)N1Cc1ccccc1. The number of hydrazone groups is 1. The quantitative estimate of drug-likeness (QED) is 0.746. The molecule has 0 saturated heterocycles. The molecule has 88 valence electrons. The molecule has 0 saturated carbocycles. The standard InChI is InChI=1S/C13H15N3S/c1-10-11(2)16(13(17)15(3)14-10)9-12-7-5-4-6-8-12/h4-8H,2,9H2,1,3H3. The lowest BCUT2D eigenvalue weighted by Crippen LogP contribution is -2.43. The molecule has 0 amide bonds. The van der Waals surface area contributed by atoms with Crippen molar-refractivity contribution in [2.24, 2.45) is 5.10 Å². The molecule has 1 aromatic rings. The zero-order valence-corrected chi connectivity index (χ0v) is 10.9. The summed E-state index contributed by atoms with van der Waals surface area (Å²) >= 11 is 5.36. The van der Waals surface area contributed by atoms with Gasteiger partial charge in [-0.1, -0.05) is 36.9 Å². The lowest BCUT2D eigenvalue weighted by atomic mass is 10.2. The van der Waals surface area contributed by atoms with Crippen molar-refractivity contribution < 1.29 is 0 Å². The third-order valence-electron chi connectivity index (χ3n) is 2.73. The van der Waals surface area contributed by atoms with Crippen LogP contribution in [0.1, 0.15) is 12.5 Å². The number of hydrogen-bond donors (Lipinski definition) is 0. The molecule has 0 unspecified atom stereocenters. The highest BCUT2D eigenvalue weighted by atomic mass is 32.1. The van der Waals surface area contributed by atoms with Crippen LogP contribution in [0.25, 0.3) is 0 Å². The van der Waals surface area contributed by atoms with Crippen LogP contribution in [0.5, 0.6) is 0 Å². The fraction of sp³-hybridized carbons (Fsp3) is 0.231. The minimum atomic E-state index is 0.685. The zero-order valence-electron chi connectivity index (χ0n) is 10.1. The van der Waals surface area contributed by atoms with Crippen molar-refractivity contribution in [2.75, 3.05) is 7.05 Å². The molecule has 2 rings (SSSR count). The van der Waals surface area contributed by atoms with Crippen molar-refractivity contribution in [3.63, 3.8) is 0 Å². The van der Waals surface area contributed by atoms with Gasteiger partial charge >= 0.3 is 0 Å². The van der Waals surface area contributed by atoms with E-state index >= 15 is 0 Å². The second-order valence-electron chi connectivity index (χ2n) is 4.01. The largest absolute Gasteiger partial charge is 0.312 e. The molecule has 0 atom stereocenters. The Morgan fingerprint density at radius 3 is 2.59 bits per heavy atom. The first kappa shape index (κ1) is 11.8. The molecule has 1 aliphatic heterocycles. The molecule has 0 bridgehead atoms. The van der Waals surface area contributed by atoms with E-state index < -0.39 is 0 Å². The zero-order chi connectivity index (χ0) is 12.4. The Kier molecular flexibility index (Phi) is 3.24. The van der Waals surface area contributed by atoms with Gasteiger partial charge in [0, 0.05) is 7.05 Å². The Morgan fingerprint density at radius 1 is 1.29 bits per heavy atom. The maximum Gasteiger partial charge on any atom is 0.196 e. The van der Waals surface area contributed by atoms with Crippen molar-refractivity contribution in [3.8, 4) is 0 Å². The highest BCUT2D eigenvalue weighted by Gasteiger charge is 2.23. The Hall–Kier alpha value is -1.68. The molecule has 3 nitrogen and oxygen atoms in total. The van der Waals surface area contributed by atoms with Crippen molar-refractivity contribution in [2.45, 2.75) is 13.5 Å². The number of allylic oxidation sites excluding steroid dienone is 1. The molecule has 0 radical (unpaired) electrons. The van der Waals surface area contributed by atoms with Crippen LogP contribution in [0.2, 0.25) is 0 Å². The highest BCUT2D eigenvalue weighted by Crippen LogP contribution is 2.18. The first-order chi connectivity index (χ1) is 8.09. The number of nitrogens with zero attached hydrogens (tertiary/aromatic N) is 3. The predicted molar refractivity (Wildman–Crippen MR) is 74.6 cm³/mol. The highest BCUT2D eigenvalue weighted by molar-refractivity contribution is 7.80. The Morgan fingerprint density at radius 2 is 1.94 bits per heavy atom. The minimum Gasteiger partial charge on any atom is -0.312 e. The summed E-state index contributed by atoms with van der Waals surface area (Å²) < 4.78 is 0. The second-order valence-corrected chi connectivity index (χ2v) is 4.38. The number of rotatable bonds is 2. The summed E-state index contributed by atoms with van der Waals surface area (Å²) in [4.78, 5) is 2.01. The first-order valence-corrected chi connectivity index (χ1v) is 5.84. The van der Waals surface area contributed by atoms with Gasteiger partial charge in [-0.15, -0.1) is 0 Å². The van der Waals surface area contributed by atoms with E-state index in [1.807, 2.05) is 37.1 Å². The molecule has 0 aliphatic carbocycles. The van der Waals surface area contributed by atoms with E-state index in [4.69, 9.17) is 12.2 Å². The third-order valence-corrected chi connectivity index (χ3v) is 3.22. The van der Waals surface area contributed by atoms with Crippen LogP contribution in [0.4, 0.5) is 0 Å². The van der Waals surface area contributed by atoms with Crippen LogP contribution in [0.3, 0.4) is 0 Å². The van der Waals surface area contributed by atoms with E-state index in [1.165, 1.54) is 5.56 Å². The molecule has 0 aromatic heterocycles. The number of thiocarbonyl (C=S) groups is 1.